The highest BCUT2D eigenvalue weighted by Crippen LogP contribution is 2.39. The van der Waals surface area contributed by atoms with Crippen molar-refractivity contribution in [1.82, 2.24) is 49.5 Å². The minimum atomic E-state index is -0.705. The summed E-state index contributed by atoms with van der Waals surface area (Å²) in [6.07, 6.45) is 10.5. The van der Waals surface area contributed by atoms with Crippen LogP contribution < -0.4 is 5.56 Å². The zero-order valence-corrected chi connectivity index (χ0v) is 22.2. The number of nitrogens with one attached hydrogen (secondary N) is 1. The summed E-state index contributed by atoms with van der Waals surface area (Å²) in [6, 6.07) is 3.96. The van der Waals surface area contributed by atoms with Crippen molar-refractivity contribution in [3.05, 3.63) is 76.0 Å². The van der Waals surface area contributed by atoms with Gasteiger partial charge in [0.1, 0.15) is 24.2 Å². The van der Waals surface area contributed by atoms with Crippen LogP contribution in [-0.4, -0.2) is 56.1 Å². The van der Waals surface area contributed by atoms with Gasteiger partial charge in [-0.05, 0) is 48.2 Å². The number of halogens is 2. The largest absolute Gasteiger partial charge is 0.357 e. The quantitative estimate of drug-likeness (QED) is 0.339. The second kappa shape index (κ2) is 9.75. The molecule has 1 saturated heterocycles. The van der Waals surface area contributed by atoms with Crippen LogP contribution in [0, 0.1) is 5.82 Å². The van der Waals surface area contributed by atoms with Gasteiger partial charge in [-0.3, -0.25) is 9.36 Å². The predicted molar refractivity (Wildman–Crippen MR) is 141 cm³/mol. The fourth-order valence-electron chi connectivity index (χ4n) is 5.54. The van der Waals surface area contributed by atoms with Gasteiger partial charge in [-0.15, -0.1) is 5.10 Å². The van der Waals surface area contributed by atoms with Gasteiger partial charge >= 0.3 is 0 Å². The van der Waals surface area contributed by atoms with Crippen LogP contribution in [0.4, 0.5) is 4.39 Å². The Bertz CT molecular complexity index is 1760. The van der Waals surface area contributed by atoms with E-state index in [1.165, 1.54) is 23.1 Å². The summed E-state index contributed by atoms with van der Waals surface area (Å²) in [5.41, 5.74) is 1.88. The van der Waals surface area contributed by atoms with Crippen LogP contribution in [0.25, 0.3) is 28.2 Å². The summed E-state index contributed by atoms with van der Waals surface area (Å²) in [5, 5.41) is 15.5. The molecular formula is C26H24ClFN10O2. The molecule has 0 radical (unpaired) electrons. The lowest BCUT2D eigenvalue weighted by molar-refractivity contribution is -0.0394. The number of aromatic amines is 1. The Hall–Kier alpha value is -4.23. The van der Waals surface area contributed by atoms with E-state index >= 15 is 4.39 Å². The van der Waals surface area contributed by atoms with E-state index in [9.17, 15) is 4.79 Å². The van der Waals surface area contributed by atoms with E-state index in [2.05, 4.69) is 30.6 Å². The Balaban J connectivity index is 1.24. The molecule has 40 heavy (non-hydrogen) atoms. The number of aromatic nitrogens is 10. The molecule has 0 amide bonds. The van der Waals surface area contributed by atoms with Crippen molar-refractivity contribution in [3.63, 3.8) is 0 Å². The minimum absolute atomic E-state index is 0.0511. The molecule has 1 N–H and O–H groups in total. The Kier molecular flexibility index (Phi) is 6.04. The standard InChI is InChI=1S/C26H24ClFN10O2/c1-14-8-20(25-29-11-18(32-25)15-10-31-36(12-15)22-4-2-3-7-40-22)38-21(39)9-17(33-26(14)38)23-19(37-13-30-34-35-37)6-5-16(27)24(23)28/h5-6,9-14,20,22H,2-4,7-8H2,1H3,(H,29,32). The van der Waals surface area contributed by atoms with Crippen molar-refractivity contribution < 1.29 is 9.13 Å². The first-order valence-corrected chi connectivity index (χ1v) is 13.4. The molecule has 3 atom stereocenters. The van der Waals surface area contributed by atoms with Crippen LogP contribution in [0.5, 0.6) is 0 Å². The summed E-state index contributed by atoms with van der Waals surface area (Å²) in [6.45, 7) is 2.72. The van der Waals surface area contributed by atoms with Gasteiger partial charge in [0.2, 0.25) is 0 Å². The molecule has 1 aromatic carbocycles. The highest BCUT2D eigenvalue weighted by molar-refractivity contribution is 6.31. The van der Waals surface area contributed by atoms with Gasteiger partial charge in [-0.1, -0.05) is 18.5 Å². The third kappa shape index (κ3) is 4.12. The molecular weight excluding hydrogens is 539 g/mol. The lowest BCUT2D eigenvalue weighted by atomic mass is 10.1. The molecule has 0 saturated carbocycles. The average Bonchev–Trinajstić information content (AvgIpc) is 3.77. The molecule has 0 spiro atoms. The lowest BCUT2D eigenvalue weighted by Crippen LogP contribution is -2.25. The van der Waals surface area contributed by atoms with Crippen molar-refractivity contribution in [2.75, 3.05) is 6.61 Å². The smallest absolute Gasteiger partial charge is 0.254 e. The fraction of sp³-hybridized carbons (Fsp3) is 0.346. The Morgan fingerprint density at radius 3 is 2.92 bits per heavy atom. The van der Waals surface area contributed by atoms with Gasteiger partial charge in [0.05, 0.1) is 46.1 Å². The van der Waals surface area contributed by atoms with Gasteiger partial charge in [-0.25, -0.2) is 19.0 Å². The van der Waals surface area contributed by atoms with E-state index < -0.39 is 5.82 Å². The molecule has 7 rings (SSSR count). The minimum Gasteiger partial charge on any atom is -0.357 e. The van der Waals surface area contributed by atoms with Gasteiger partial charge in [0, 0.05) is 30.4 Å². The van der Waals surface area contributed by atoms with Crippen LogP contribution >= 0.6 is 11.6 Å². The molecule has 4 aromatic heterocycles. The van der Waals surface area contributed by atoms with Crippen molar-refractivity contribution in [2.24, 2.45) is 0 Å². The number of H-pyrrole nitrogens is 1. The third-order valence-electron chi connectivity index (χ3n) is 7.51. The Morgan fingerprint density at radius 2 is 2.12 bits per heavy atom. The van der Waals surface area contributed by atoms with Gasteiger partial charge in [-0.2, -0.15) is 9.78 Å². The van der Waals surface area contributed by atoms with Crippen LogP contribution in [0.2, 0.25) is 5.02 Å². The lowest BCUT2D eigenvalue weighted by Gasteiger charge is -2.22. The number of tetrazole rings is 1. The first kappa shape index (κ1) is 24.8. The van der Waals surface area contributed by atoms with Gasteiger partial charge in [0.15, 0.2) is 5.82 Å². The highest BCUT2D eigenvalue weighted by atomic mass is 35.5. The topological polar surface area (TPSA) is 134 Å². The van der Waals surface area contributed by atoms with E-state index in [4.69, 9.17) is 21.3 Å². The van der Waals surface area contributed by atoms with E-state index in [-0.39, 0.29) is 40.0 Å². The third-order valence-corrected chi connectivity index (χ3v) is 7.80. The van der Waals surface area contributed by atoms with Crippen molar-refractivity contribution in [1.29, 1.82) is 0 Å². The molecule has 2 aliphatic heterocycles. The maximum absolute atomic E-state index is 15.4. The zero-order valence-electron chi connectivity index (χ0n) is 21.4. The van der Waals surface area contributed by atoms with Gasteiger partial charge in [0.25, 0.3) is 5.56 Å². The van der Waals surface area contributed by atoms with Crippen molar-refractivity contribution >= 4 is 11.6 Å². The number of benzene rings is 1. The zero-order chi connectivity index (χ0) is 27.4. The van der Waals surface area contributed by atoms with Crippen LogP contribution in [0.1, 0.15) is 62.4 Å². The summed E-state index contributed by atoms with van der Waals surface area (Å²) < 4.78 is 26.0. The van der Waals surface area contributed by atoms with E-state index in [0.717, 1.165) is 37.1 Å². The number of nitrogens with zero attached hydrogens (tertiary/aromatic N) is 9. The predicted octanol–water partition coefficient (Wildman–Crippen LogP) is 4.06. The molecule has 6 heterocycles. The molecule has 0 aliphatic carbocycles. The maximum atomic E-state index is 15.4. The second-order valence-corrected chi connectivity index (χ2v) is 10.5. The summed E-state index contributed by atoms with van der Waals surface area (Å²) in [7, 11) is 0. The number of fused-ring (bicyclic) bond motifs is 1. The first-order valence-electron chi connectivity index (χ1n) is 13.0. The normalized spacial score (nSPS) is 20.6. The molecule has 1 fully saturated rings. The van der Waals surface area contributed by atoms with Crippen molar-refractivity contribution in [3.8, 4) is 28.2 Å². The molecule has 204 valence electrons. The summed E-state index contributed by atoms with van der Waals surface area (Å²) in [5.74, 6) is 0.386. The Morgan fingerprint density at radius 1 is 1.23 bits per heavy atom. The number of rotatable bonds is 5. The average molecular weight is 563 g/mol. The van der Waals surface area contributed by atoms with Gasteiger partial charge < -0.3 is 9.72 Å². The van der Waals surface area contributed by atoms with E-state index in [1.54, 1.807) is 23.0 Å². The molecule has 3 unspecified atom stereocenters. The van der Waals surface area contributed by atoms with Crippen LogP contribution in [0.3, 0.4) is 0 Å². The first-order chi connectivity index (χ1) is 19.5. The van der Waals surface area contributed by atoms with Crippen LogP contribution in [-0.2, 0) is 4.74 Å². The number of hydrogen-bond donors (Lipinski definition) is 1. The SMILES string of the molecule is CC1CC(c2ncc(-c3cnn(C4CCCCO4)c3)[nH]2)n2c1nc(-c1c(-n3cnnn3)ccc(Cl)c1F)cc2=O. The molecule has 2 aliphatic rings. The maximum Gasteiger partial charge on any atom is 0.254 e. The monoisotopic (exact) mass is 562 g/mol. The summed E-state index contributed by atoms with van der Waals surface area (Å²) >= 11 is 6.11. The summed E-state index contributed by atoms with van der Waals surface area (Å²) in [4.78, 5) is 26.3. The molecule has 5 aromatic rings. The fourth-order valence-corrected chi connectivity index (χ4v) is 5.70. The van der Waals surface area contributed by atoms with Crippen molar-refractivity contribution in [2.45, 2.75) is 50.8 Å². The Labute approximate surface area is 231 Å². The second-order valence-electron chi connectivity index (χ2n) is 10.1. The number of hydrogen-bond acceptors (Lipinski definition) is 8. The van der Waals surface area contributed by atoms with Crippen LogP contribution in [0.15, 0.2) is 47.9 Å². The number of imidazole rings is 1. The van der Waals surface area contributed by atoms with E-state index in [1.807, 2.05) is 17.8 Å². The van der Waals surface area contributed by atoms with E-state index in [0.29, 0.717) is 23.8 Å². The molecule has 12 nitrogen and oxygen atoms in total. The molecule has 0 bridgehead atoms. The molecule has 14 heteroatoms. The highest BCUT2D eigenvalue weighted by Gasteiger charge is 2.34. The number of ether oxygens (including phenoxy) is 1.